The molecule has 1 spiro atoms. The van der Waals surface area contributed by atoms with Gasteiger partial charge in [0.1, 0.15) is 29.5 Å². The molecule has 2 heterocycles. The summed E-state index contributed by atoms with van der Waals surface area (Å²) in [6.45, 7) is 8.82. The fourth-order valence-electron chi connectivity index (χ4n) is 10.0. The highest BCUT2D eigenvalue weighted by Gasteiger charge is 2.85. The number of ketones is 1. The van der Waals surface area contributed by atoms with Crippen LogP contribution < -0.4 is 0 Å². The first-order valence-corrected chi connectivity index (χ1v) is 15.2. The normalized spacial score (nSPS) is 47.8. The highest BCUT2D eigenvalue weighted by atomic mass is 16.7. The Morgan fingerprint density at radius 2 is 1.79 bits per heavy atom. The van der Waals surface area contributed by atoms with Crippen LogP contribution in [-0.4, -0.2) is 86.3 Å². The van der Waals surface area contributed by atoms with Crippen molar-refractivity contribution in [2.24, 2.45) is 22.7 Å². The first kappa shape index (κ1) is 30.4. The van der Waals surface area contributed by atoms with Crippen LogP contribution in [0, 0.1) is 22.7 Å². The number of aliphatic hydroxyl groups is 3. The highest BCUT2D eigenvalue weighted by Crippen LogP contribution is 2.75. The van der Waals surface area contributed by atoms with Crippen LogP contribution in [0.4, 0.5) is 0 Å². The Bertz CT molecular complexity index is 1360. The number of ether oxygens (including phenoxy) is 4. The van der Waals surface area contributed by atoms with E-state index in [1.54, 1.807) is 19.9 Å². The number of cyclic esters (lactones) is 1. The Hall–Kier alpha value is -2.60. The molecule has 4 aliphatic carbocycles. The van der Waals surface area contributed by atoms with Crippen molar-refractivity contribution in [1.82, 2.24) is 0 Å². The Labute approximate surface area is 250 Å². The molecule has 11 heteroatoms. The average Bonchev–Trinajstić information content (AvgIpc) is 3.61. The Morgan fingerprint density at radius 3 is 2.42 bits per heavy atom. The van der Waals surface area contributed by atoms with Gasteiger partial charge in [0, 0.05) is 25.8 Å². The van der Waals surface area contributed by atoms with Crippen LogP contribution >= 0.6 is 0 Å². The van der Waals surface area contributed by atoms with E-state index in [9.17, 15) is 34.5 Å². The second kappa shape index (κ2) is 9.22. The number of carbonyl (C=O) groups is 4. The first-order valence-electron chi connectivity index (χ1n) is 15.2. The van der Waals surface area contributed by atoms with Crippen molar-refractivity contribution in [2.75, 3.05) is 6.61 Å². The lowest BCUT2D eigenvalue weighted by atomic mass is 9.42. The molecule has 3 N–H and O–H groups in total. The van der Waals surface area contributed by atoms with Crippen LogP contribution in [0.2, 0.25) is 0 Å². The minimum atomic E-state index is -2.04. The maximum Gasteiger partial charge on any atom is 0.334 e. The van der Waals surface area contributed by atoms with Crippen molar-refractivity contribution in [3.63, 3.8) is 0 Å². The van der Waals surface area contributed by atoms with E-state index in [1.165, 1.54) is 26.8 Å². The molecule has 0 amide bonds. The zero-order valence-corrected chi connectivity index (χ0v) is 25.6. The first-order chi connectivity index (χ1) is 19.9. The molecule has 1 saturated heterocycles. The van der Waals surface area contributed by atoms with E-state index in [-0.39, 0.29) is 38.1 Å². The molecule has 0 bridgehead atoms. The topological polar surface area (TPSA) is 169 Å². The third-order valence-corrected chi connectivity index (χ3v) is 12.6. The van der Waals surface area contributed by atoms with Crippen LogP contribution in [0.1, 0.15) is 80.1 Å². The summed E-state index contributed by atoms with van der Waals surface area (Å²) in [5.41, 5.74) is -8.35. The summed E-state index contributed by atoms with van der Waals surface area (Å²) in [6, 6.07) is 0. The second-order valence-corrected chi connectivity index (χ2v) is 14.1. The SMILES string of the molecule is CC(=O)OC[C@]12CC[C@H]3[C@@H](C[C@H]4O[C@]45[C@H](OC(C)=O)C=CC(=O)[C@]35C)[C@]1(O)CC[C@@]2(O)C(C)(O)C1CC(C)=C(C)C(=O)O1. The smallest absolute Gasteiger partial charge is 0.334 e. The third kappa shape index (κ3) is 3.56. The summed E-state index contributed by atoms with van der Waals surface area (Å²) < 4.78 is 23.1. The number of epoxide rings is 1. The van der Waals surface area contributed by atoms with Crippen molar-refractivity contribution < 1.29 is 53.4 Å². The lowest BCUT2D eigenvalue weighted by Crippen LogP contribution is -2.75. The quantitative estimate of drug-likeness (QED) is 0.238. The van der Waals surface area contributed by atoms with Gasteiger partial charge in [0.15, 0.2) is 11.9 Å². The lowest BCUT2D eigenvalue weighted by Gasteiger charge is -2.64. The van der Waals surface area contributed by atoms with Crippen molar-refractivity contribution in [2.45, 2.75) is 121 Å². The molecule has 11 nitrogen and oxygen atoms in total. The van der Waals surface area contributed by atoms with Gasteiger partial charge in [-0.15, -0.1) is 0 Å². The van der Waals surface area contributed by atoms with Crippen molar-refractivity contribution >= 4 is 23.7 Å². The largest absolute Gasteiger partial charge is 0.465 e. The number of fused-ring (bicyclic) bond motifs is 4. The summed E-state index contributed by atoms with van der Waals surface area (Å²) in [5.74, 6) is -2.88. The van der Waals surface area contributed by atoms with Crippen molar-refractivity contribution in [3.8, 4) is 0 Å². The number of esters is 3. The summed E-state index contributed by atoms with van der Waals surface area (Å²) in [7, 11) is 0. The van der Waals surface area contributed by atoms with Crippen molar-refractivity contribution in [3.05, 3.63) is 23.3 Å². The van der Waals surface area contributed by atoms with Crippen LogP contribution in [0.25, 0.3) is 0 Å². The van der Waals surface area contributed by atoms with Crippen molar-refractivity contribution in [1.29, 1.82) is 0 Å². The fraction of sp³-hybridized carbons (Fsp3) is 0.750. The Morgan fingerprint density at radius 1 is 1.09 bits per heavy atom. The van der Waals surface area contributed by atoms with Gasteiger partial charge in [0.2, 0.25) is 0 Å². The molecule has 0 aromatic rings. The van der Waals surface area contributed by atoms with E-state index in [4.69, 9.17) is 18.9 Å². The summed E-state index contributed by atoms with van der Waals surface area (Å²) in [4.78, 5) is 50.6. The molecule has 0 aromatic heterocycles. The van der Waals surface area contributed by atoms with E-state index in [1.807, 2.05) is 6.92 Å². The van der Waals surface area contributed by atoms with Gasteiger partial charge >= 0.3 is 17.9 Å². The summed E-state index contributed by atoms with van der Waals surface area (Å²) in [5, 5.41) is 37.8. The van der Waals surface area contributed by atoms with Gasteiger partial charge in [0.05, 0.1) is 22.5 Å². The van der Waals surface area contributed by atoms with Crippen LogP contribution in [-0.2, 0) is 38.1 Å². The van der Waals surface area contributed by atoms with Crippen LogP contribution in [0.5, 0.6) is 0 Å². The molecule has 2 aliphatic heterocycles. The number of carbonyl (C=O) groups excluding carboxylic acids is 4. The lowest BCUT2D eigenvalue weighted by molar-refractivity contribution is -0.297. The highest BCUT2D eigenvalue weighted by molar-refractivity contribution is 5.98. The van der Waals surface area contributed by atoms with E-state index >= 15 is 0 Å². The molecule has 4 fully saturated rings. The Kier molecular flexibility index (Phi) is 6.52. The predicted octanol–water partition coefficient (Wildman–Crippen LogP) is 1.84. The van der Waals surface area contributed by atoms with E-state index in [2.05, 4.69) is 0 Å². The fourth-order valence-corrected chi connectivity index (χ4v) is 10.0. The molecule has 6 aliphatic rings. The van der Waals surface area contributed by atoms with Gasteiger partial charge in [-0.1, -0.05) is 5.57 Å². The molecule has 11 atom stereocenters. The second-order valence-electron chi connectivity index (χ2n) is 14.1. The van der Waals surface area contributed by atoms with Crippen LogP contribution in [0.3, 0.4) is 0 Å². The van der Waals surface area contributed by atoms with Gasteiger partial charge in [-0.05, 0) is 83.8 Å². The third-order valence-electron chi connectivity index (χ3n) is 12.6. The van der Waals surface area contributed by atoms with Gasteiger partial charge in [-0.25, -0.2) is 4.79 Å². The molecule has 2 unspecified atom stereocenters. The zero-order chi connectivity index (χ0) is 31.5. The van der Waals surface area contributed by atoms with Gasteiger partial charge in [0.25, 0.3) is 0 Å². The molecule has 0 aromatic carbocycles. The van der Waals surface area contributed by atoms with E-state index in [0.29, 0.717) is 18.4 Å². The summed E-state index contributed by atoms with van der Waals surface area (Å²) >= 11 is 0. The zero-order valence-electron chi connectivity index (χ0n) is 25.6. The molecular weight excluding hydrogens is 560 g/mol. The minimum Gasteiger partial charge on any atom is -0.465 e. The molecule has 6 rings (SSSR count). The maximum atomic E-state index is 13.7. The number of allylic oxidation sites excluding steroid dienone is 1. The van der Waals surface area contributed by atoms with Gasteiger partial charge in [-0.2, -0.15) is 0 Å². The van der Waals surface area contributed by atoms with Gasteiger partial charge < -0.3 is 34.3 Å². The number of hydrogen-bond donors (Lipinski definition) is 3. The standard InChI is InChI=1S/C32H42O11/c1-16-13-24(42-26(36)17(16)2)28(6,37)31(39)12-11-30(38)21-14-25-32(43-25)23(41-19(4)34)8-7-22(35)27(32,5)20(21)9-10-29(30,31)15-40-18(3)33/h7-8,20-21,23-25,37-39H,9-15H2,1-6H3/t20-,21+,23+,24?,25+,27-,28?,29+,30+,31+,32+/m0/s1. The molecule has 236 valence electrons. The molecule has 3 saturated carbocycles. The average molecular weight is 603 g/mol. The van der Waals surface area contributed by atoms with Gasteiger partial charge in [-0.3, -0.25) is 14.4 Å². The number of rotatable bonds is 5. The molecular formula is C32H42O11. The summed E-state index contributed by atoms with van der Waals surface area (Å²) in [6.07, 6.45) is 1.54. The Balaban J connectivity index is 1.43. The number of hydrogen-bond acceptors (Lipinski definition) is 11. The molecule has 0 radical (unpaired) electrons. The van der Waals surface area contributed by atoms with Crippen LogP contribution in [0.15, 0.2) is 23.3 Å². The monoisotopic (exact) mass is 602 g/mol. The molecule has 43 heavy (non-hydrogen) atoms. The maximum absolute atomic E-state index is 13.7. The van der Waals surface area contributed by atoms with E-state index in [0.717, 1.165) is 5.57 Å². The predicted molar refractivity (Wildman–Crippen MR) is 148 cm³/mol. The van der Waals surface area contributed by atoms with E-state index < -0.39 is 81.3 Å². The minimum absolute atomic E-state index is 0.0454.